The fourth-order valence-electron chi connectivity index (χ4n) is 3.91. The van der Waals surface area contributed by atoms with Crippen molar-refractivity contribution >= 4 is 23.1 Å². The number of hydrogen-bond donors (Lipinski definition) is 2. The number of aromatic nitrogens is 2. The summed E-state index contributed by atoms with van der Waals surface area (Å²) >= 11 is 6.01. The topological polar surface area (TPSA) is 88.7 Å². The first-order valence-electron chi connectivity index (χ1n) is 11.0. The van der Waals surface area contributed by atoms with Crippen LogP contribution in [0.4, 0.5) is 20.3 Å². The molecule has 1 unspecified atom stereocenters. The van der Waals surface area contributed by atoms with E-state index in [1.54, 1.807) is 17.0 Å². The molecule has 0 spiro atoms. The molecule has 0 bridgehead atoms. The van der Waals surface area contributed by atoms with E-state index in [4.69, 9.17) is 16.3 Å². The predicted octanol–water partition coefficient (Wildman–Crippen LogP) is 3.49. The summed E-state index contributed by atoms with van der Waals surface area (Å²) in [6.07, 6.45) is -0.659. The lowest BCUT2D eigenvalue weighted by Crippen LogP contribution is -2.43. The number of ether oxygens (including phenoxy) is 1. The summed E-state index contributed by atoms with van der Waals surface area (Å²) < 4.78 is 35.6. The van der Waals surface area contributed by atoms with Gasteiger partial charge in [-0.2, -0.15) is 0 Å². The Hall–Kier alpha value is -3.37. The number of nitrogens with one attached hydrogen (secondary N) is 1. The highest BCUT2D eigenvalue weighted by molar-refractivity contribution is 6.30. The molecule has 3 aromatic rings. The minimum Gasteiger partial charge on any atom is -0.452 e. The molecule has 2 N–H and O–H groups in total. The fourth-order valence-corrected chi connectivity index (χ4v) is 4.04. The van der Waals surface area contributed by atoms with Gasteiger partial charge in [-0.1, -0.05) is 23.7 Å². The van der Waals surface area contributed by atoms with Crippen molar-refractivity contribution in [2.75, 3.05) is 16.8 Å². The average molecular weight is 507 g/mol. The predicted molar refractivity (Wildman–Crippen MR) is 129 cm³/mol. The first kappa shape index (κ1) is 24.7. The zero-order valence-corrected chi connectivity index (χ0v) is 19.9. The van der Waals surface area contributed by atoms with Gasteiger partial charge in [0.2, 0.25) is 0 Å². The molecule has 2 aromatic carbocycles. The van der Waals surface area contributed by atoms with Crippen LogP contribution in [-0.4, -0.2) is 27.2 Å². The second kappa shape index (κ2) is 9.71. The second-order valence-corrected chi connectivity index (χ2v) is 8.79. The monoisotopic (exact) mass is 506 g/mol. The van der Waals surface area contributed by atoms with Crippen LogP contribution < -0.4 is 26.2 Å². The summed E-state index contributed by atoms with van der Waals surface area (Å²) in [4.78, 5) is 27.9. The lowest BCUT2D eigenvalue weighted by Gasteiger charge is -2.27. The van der Waals surface area contributed by atoms with Crippen LogP contribution in [0.15, 0.2) is 58.1 Å². The van der Waals surface area contributed by atoms with Crippen LogP contribution in [0, 0.1) is 0 Å². The van der Waals surface area contributed by atoms with E-state index in [-0.39, 0.29) is 43.2 Å². The molecular formula is C24H25ClF2N4O4. The van der Waals surface area contributed by atoms with Crippen molar-refractivity contribution in [3.05, 3.63) is 85.5 Å². The Balaban J connectivity index is 1.74. The Morgan fingerprint density at radius 3 is 2.37 bits per heavy atom. The number of anilines is 2. The summed E-state index contributed by atoms with van der Waals surface area (Å²) in [6, 6.07) is 12.5. The van der Waals surface area contributed by atoms with Crippen LogP contribution in [0.3, 0.4) is 0 Å². The first-order chi connectivity index (χ1) is 16.6. The quantitative estimate of drug-likeness (QED) is 0.486. The fraction of sp³-hybridized carbons (Fsp3) is 0.333. The smallest absolute Gasteiger partial charge is 0.332 e. The van der Waals surface area contributed by atoms with Gasteiger partial charge in [0.15, 0.2) is 0 Å². The molecule has 186 valence electrons. The molecule has 8 nitrogen and oxygen atoms in total. The molecule has 1 aliphatic rings. The van der Waals surface area contributed by atoms with E-state index in [0.717, 1.165) is 17.1 Å². The van der Waals surface area contributed by atoms with Gasteiger partial charge in [0.1, 0.15) is 17.3 Å². The maximum Gasteiger partial charge on any atom is 0.332 e. The molecule has 1 atom stereocenters. The SMILES string of the molecule is Cn1c2c(c(=O)n(CCCO)c1=O)N(Cc1ccc(Cl)cc1)C(Oc1ccc(C(C)(F)F)cc1)N2. The van der Waals surface area contributed by atoms with Crippen molar-refractivity contribution in [3.63, 3.8) is 0 Å². The minimum absolute atomic E-state index is 0.0578. The Morgan fingerprint density at radius 2 is 1.77 bits per heavy atom. The van der Waals surface area contributed by atoms with Gasteiger partial charge in [-0.25, -0.2) is 13.6 Å². The third-order valence-electron chi connectivity index (χ3n) is 5.77. The lowest BCUT2D eigenvalue weighted by molar-refractivity contribution is 0.0174. The first-order valence-corrected chi connectivity index (χ1v) is 11.4. The van der Waals surface area contributed by atoms with Gasteiger partial charge < -0.3 is 20.1 Å². The number of halogens is 3. The zero-order valence-electron chi connectivity index (χ0n) is 19.2. The Labute approximate surface area is 204 Å². The molecule has 4 rings (SSSR count). The van der Waals surface area contributed by atoms with E-state index in [1.165, 1.54) is 35.9 Å². The van der Waals surface area contributed by atoms with Gasteiger partial charge >= 0.3 is 5.69 Å². The minimum atomic E-state index is -2.99. The van der Waals surface area contributed by atoms with Gasteiger partial charge in [0, 0.05) is 44.3 Å². The molecule has 2 heterocycles. The van der Waals surface area contributed by atoms with Gasteiger partial charge in [-0.15, -0.1) is 0 Å². The third kappa shape index (κ3) is 5.03. The van der Waals surface area contributed by atoms with Crippen LogP contribution >= 0.6 is 11.6 Å². The van der Waals surface area contributed by atoms with Crippen molar-refractivity contribution < 1.29 is 18.6 Å². The average Bonchev–Trinajstić information content (AvgIpc) is 3.17. The highest BCUT2D eigenvalue weighted by Gasteiger charge is 2.36. The number of nitrogens with zero attached hydrogens (tertiary/aromatic N) is 3. The van der Waals surface area contributed by atoms with Crippen molar-refractivity contribution in [1.29, 1.82) is 0 Å². The molecular weight excluding hydrogens is 482 g/mol. The highest BCUT2D eigenvalue weighted by Crippen LogP contribution is 2.34. The molecule has 0 fully saturated rings. The molecule has 1 aliphatic heterocycles. The van der Waals surface area contributed by atoms with E-state index < -0.39 is 23.5 Å². The van der Waals surface area contributed by atoms with Crippen molar-refractivity contribution in [2.24, 2.45) is 7.05 Å². The van der Waals surface area contributed by atoms with Gasteiger partial charge in [-0.05, 0) is 48.4 Å². The van der Waals surface area contributed by atoms with Gasteiger partial charge in [0.05, 0.1) is 0 Å². The lowest BCUT2D eigenvalue weighted by atomic mass is 10.1. The van der Waals surface area contributed by atoms with Gasteiger partial charge in [-0.3, -0.25) is 13.9 Å². The highest BCUT2D eigenvalue weighted by atomic mass is 35.5. The number of rotatable bonds is 8. The maximum atomic E-state index is 13.6. The van der Waals surface area contributed by atoms with E-state index in [0.29, 0.717) is 10.8 Å². The number of benzene rings is 2. The molecule has 0 saturated carbocycles. The maximum absolute atomic E-state index is 13.6. The number of alkyl halides is 2. The molecule has 35 heavy (non-hydrogen) atoms. The van der Waals surface area contributed by atoms with Crippen molar-refractivity contribution in [1.82, 2.24) is 9.13 Å². The van der Waals surface area contributed by atoms with Crippen LogP contribution in [-0.2, 0) is 26.1 Å². The molecule has 0 radical (unpaired) electrons. The standard InChI is InChI=1S/C24H25ClF2N4O4/c1-24(26,27)16-6-10-18(11-7-16)35-22-28-20-19(31(22)14-15-4-8-17(25)9-5-15)21(33)30(12-3-13-32)23(34)29(20)2/h4-11,22,28,32H,3,12-14H2,1-2H3. The van der Waals surface area contributed by atoms with E-state index in [1.807, 2.05) is 12.1 Å². The summed E-state index contributed by atoms with van der Waals surface area (Å²) in [5.74, 6) is -2.41. The molecule has 1 aromatic heterocycles. The Morgan fingerprint density at radius 1 is 1.11 bits per heavy atom. The van der Waals surface area contributed by atoms with Crippen molar-refractivity contribution in [2.45, 2.75) is 38.7 Å². The largest absolute Gasteiger partial charge is 0.452 e. The Bertz CT molecular complexity index is 1320. The van der Waals surface area contributed by atoms with E-state index in [2.05, 4.69) is 5.32 Å². The molecule has 0 amide bonds. The zero-order chi connectivity index (χ0) is 25.3. The summed E-state index contributed by atoms with van der Waals surface area (Å²) in [5.41, 5.74) is -0.156. The number of aliphatic hydroxyl groups is 1. The third-order valence-corrected chi connectivity index (χ3v) is 6.02. The molecule has 0 saturated heterocycles. The Kier molecular flexibility index (Phi) is 6.86. The van der Waals surface area contributed by atoms with Crippen LogP contribution in [0.1, 0.15) is 24.5 Å². The summed E-state index contributed by atoms with van der Waals surface area (Å²) in [7, 11) is 1.53. The van der Waals surface area contributed by atoms with Crippen LogP contribution in [0.25, 0.3) is 0 Å². The van der Waals surface area contributed by atoms with Gasteiger partial charge in [0.25, 0.3) is 17.8 Å². The number of fused-ring (bicyclic) bond motifs is 1. The van der Waals surface area contributed by atoms with E-state index in [9.17, 15) is 23.5 Å². The van der Waals surface area contributed by atoms with Crippen LogP contribution in [0.5, 0.6) is 5.75 Å². The summed E-state index contributed by atoms with van der Waals surface area (Å²) in [5, 5.41) is 12.8. The molecule has 0 aliphatic carbocycles. The normalized spacial score (nSPS) is 15.1. The number of aliphatic hydroxyl groups excluding tert-OH is 1. The van der Waals surface area contributed by atoms with Crippen LogP contribution in [0.2, 0.25) is 5.02 Å². The summed E-state index contributed by atoms with van der Waals surface area (Å²) in [6.45, 7) is 0.939. The van der Waals surface area contributed by atoms with Crippen molar-refractivity contribution in [3.8, 4) is 5.75 Å². The second-order valence-electron chi connectivity index (χ2n) is 8.35. The molecule has 11 heteroatoms. The van der Waals surface area contributed by atoms with E-state index >= 15 is 0 Å². The number of hydrogen-bond acceptors (Lipinski definition) is 6.